The zero-order valence-corrected chi connectivity index (χ0v) is 8.17. The van der Waals surface area contributed by atoms with Gasteiger partial charge in [0.1, 0.15) is 11.2 Å². The van der Waals surface area contributed by atoms with Crippen LogP contribution in [-0.2, 0) is 4.79 Å². The lowest BCUT2D eigenvalue weighted by Gasteiger charge is -2.31. The van der Waals surface area contributed by atoms with Crippen LogP contribution in [0.3, 0.4) is 0 Å². The normalized spacial score (nSPS) is 33.6. The quantitative estimate of drug-likeness (QED) is 0.686. The number of allylic oxidation sites excluding steroid dienone is 3. The van der Waals surface area contributed by atoms with Crippen LogP contribution < -0.4 is 0 Å². The van der Waals surface area contributed by atoms with E-state index in [4.69, 9.17) is 16.7 Å². The molecular formula is C9H11ClO3. The molecule has 0 saturated heterocycles. The highest BCUT2D eigenvalue weighted by atomic mass is 35.5. The van der Waals surface area contributed by atoms with Crippen molar-refractivity contribution >= 4 is 17.6 Å². The largest absolute Gasteiger partial charge is 0.511 e. The number of aliphatic hydroxyl groups is 1. The summed E-state index contributed by atoms with van der Waals surface area (Å²) < 4.78 is 0. The molecule has 1 aliphatic carbocycles. The molecule has 3 nitrogen and oxygen atoms in total. The van der Waals surface area contributed by atoms with E-state index in [1.165, 1.54) is 13.0 Å². The topological polar surface area (TPSA) is 57.5 Å². The Bertz CT molecular complexity index is 306. The van der Waals surface area contributed by atoms with Gasteiger partial charge in [-0.2, -0.15) is 0 Å². The monoisotopic (exact) mass is 202 g/mol. The number of aliphatic hydroxyl groups excluding tert-OH is 1. The second kappa shape index (κ2) is 3.07. The predicted molar refractivity (Wildman–Crippen MR) is 49.6 cm³/mol. The van der Waals surface area contributed by atoms with Gasteiger partial charge >= 0.3 is 5.97 Å². The Kier molecular flexibility index (Phi) is 2.39. The summed E-state index contributed by atoms with van der Waals surface area (Å²) in [6, 6.07) is 0. The van der Waals surface area contributed by atoms with Gasteiger partial charge in [-0.15, -0.1) is 0 Å². The van der Waals surface area contributed by atoms with Crippen molar-refractivity contribution in [2.24, 2.45) is 11.3 Å². The van der Waals surface area contributed by atoms with E-state index in [1.807, 2.05) is 0 Å². The first kappa shape index (κ1) is 10.1. The molecule has 0 aromatic rings. The fraction of sp³-hybridized carbons (Fsp3) is 0.444. The van der Waals surface area contributed by atoms with E-state index in [0.29, 0.717) is 5.03 Å². The van der Waals surface area contributed by atoms with Crippen LogP contribution in [0.5, 0.6) is 0 Å². The lowest BCUT2D eigenvalue weighted by atomic mass is 9.74. The minimum atomic E-state index is -1.25. The molecule has 0 saturated carbocycles. The smallest absolute Gasteiger partial charge is 0.317 e. The van der Waals surface area contributed by atoms with E-state index >= 15 is 0 Å². The van der Waals surface area contributed by atoms with Crippen molar-refractivity contribution in [3.05, 3.63) is 22.9 Å². The van der Waals surface area contributed by atoms with Crippen LogP contribution in [0.2, 0.25) is 0 Å². The van der Waals surface area contributed by atoms with Gasteiger partial charge in [0.2, 0.25) is 0 Å². The van der Waals surface area contributed by atoms with Crippen molar-refractivity contribution < 1.29 is 15.0 Å². The highest BCUT2D eigenvalue weighted by Crippen LogP contribution is 2.40. The van der Waals surface area contributed by atoms with E-state index in [0.717, 1.165) is 0 Å². The summed E-state index contributed by atoms with van der Waals surface area (Å²) in [7, 11) is 0. The maximum absolute atomic E-state index is 10.9. The highest BCUT2D eigenvalue weighted by Gasteiger charge is 2.44. The Morgan fingerprint density at radius 3 is 2.62 bits per heavy atom. The van der Waals surface area contributed by atoms with Crippen LogP contribution in [0.4, 0.5) is 0 Å². The van der Waals surface area contributed by atoms with Crippen LogP contribution in [0.25, 0.3) is 0 Å². The molecular weight excluding hydrogens is 192 g/mol. The van der Waals surface area contributed by atoms with E-state index < -0.39 is 11.4 Å². The van der Waals surface area contributed by atoms with Crippen LogP contribution in [-0.4, -0.2) is 16.2 Å². The van der Waals surface area contributed by atoms with E-state index in [2.05, 4.69) is 0 Å². The molecule has 0 aliphatic heterocycles. The average Bonchev–Trinajstić information content (AvgIpc) is 1.99. The van der Waals surface area contributed by atoms with Crippen LogP contribution in [0, 0.1) is 11.3 Å². The Hall–Kier alpha value is -0.960. The third kappa shape index (κ3) is 1.44. The van der Waals surface area contributed by atoms with Gasteiger partial charge in [0, 0.05) is 5.03 Å². The Morgan fingerprint density at radius 1 is 1.69 bits per heavy atom. The zero-order chi connectivity index (χ0) is 10.2. The first-order valence-electron chi connectivity index (χ1n) is 3.91. The molecule has 4 heteroatoms. The first-order valence-corrected chi connectivity index (χ1v) is 4.28. The van der Waals surface area contributed by atoms with Gasteiger partial charge in [0.15, 0.2) is 0 Å². The molecule has 1 aliphatic rings. The number of hydrogen-bond acceptors (Lipinski definition) is 2. The number of carboxylic acids is 1. The average molecular weight is 203 g/mol. The van der Waals surface area contributed by atoms with Crippen molar-refractivity contribution in [2.75, 3.05) is 0 Å². The van der Waals surface area contributed by atoms with Crippen molar-refractivity contribution in [1.29, 1.82) is 0 Å². The number of aliphatic carboxylic acids is 1. The fourth-order valence-corrected chi connectivity index (χ4v) is 1.56. The minimum absolute atomic E-state index is 0.194. The molecule has 2 N–H and O–H groups in total. The number of rotatable bonds is 1. The molecule has 0 heterocycles. The number of halogens is 1. The summed E-state index contributed by atoms with van der Waals surface area (Å²) in [6.45, 7) is 3.19. The number of carbonyl (C=O) groups is 1. The van der Waals surface area contributed by atoms with Crippen LogP contribution in [0.1, 0.15) is 13.8 Å². The van der Waals surface area contributed by atoms with Crippen molar-refractivity contribution in [3.63, 3.8) is 0 Å². The fourth-order valence-electron chi connectivity index (χ4n) is 1.27. The van der Waals surface area contributed by atoms with E-state index in [1.54, 1.807) is 13.0 Å². The molecule has 0 aromatic heterocycles. The first-order chi connectivity index (χ1) is 5.89. The van der Waals surface area contributed by atoms with Gasteiger partial charge in [-0.25, -0.2) is 0 Å². The Morgan fingerprint density at radius 2 is 2.23 bits per heavy atom. The summed E-state index contributed by atoms with van der Waals surface area (Å²) in [5.74, 6) is -1.56. The van der Waals surface area contributed by atoms with Crippen molar-refractivity contribution in [2.45, 2.75) is 13.8 Å². The summed E-state index contributed by atoms with van der Waals surface area (Å²) in [4.78, 5) is 10.9. The van der Waals surface area contributed by atoms with E-state index in [-0.39, 0.29) is 11.7 Å². The van der Waals surface area contributed by atoms with Crippen molar-refractivity contribution in [1.82, 2.24) is 0 Å². The van der Waals surface area contributed by atoms with Gasteiger partial charge in [-0.1, -0.05) is 24.6 Å². The van der Waals surface area contributed by atoms with Gasteiger partial charge < -0.3 is 10.2 Å². The third-order valence-corrected chi connectivity index (χ3v) is 2.81. The van der Waals surface area contributed by atoms with Crippen molar-refractivity contribution in [3.8, 4) is 0 Å². The molecule has 0 amide bonds. The van der Waals surface area contributed by atoms with Crippen LogP contribution in [0.15, 0.2) is 22.9 Å². The van der Waals surface area contributed by atoms with Crippen LogP contribution >= 0.6 is 11.6 Å². The molecule has 0 spiro atoms. The standard InChI is InChI=1S/C9H11ClO3/c1-5-3-6(10)4-7(11)9(5,2)8(12)13/h3-5,11H,1-2H3,(H,12,13). The summed E-state index contributed by atoms with van der Waals surface area (Å²) in [5, 5.41) is 18.8. The second-order valence-corrected chi connectivity index (χ2v) is 3.81. The summed E-state index contributed by atoms with van der Waals surface area (Å²) >= 11 is 5.67. The zero-order valence-electron chi connectivity index (χ0n) is 7.41. The lowest BCUT2D eigenvalue weighted by Crippen LogP contribution is -2.37. The molecule has 72 valence electrons. The van der Waals surface area contributed by atoms with Gasteiger partial charge in [-0.05, 0) is 18.9 Å². The predicted octanol–water partition coefficient (Wildman–Crippen LogP) is 2.29. The molecule has 2 unspecified atom stereocenters. The minimum Gasteiger partial charge on any atom is -0.511 e. The molecule has 2 atom stereocenters. The number of carboxylic acid groups (broad SMARTS) is 1. The SMILES string of the molecule is CC1C=C(Cl)C=C(O)C1(C)C(=O)O. The van der Waals surface area contributed by atoms with Gasteiger partial charge in [-0.3, -0.25) is 4.79 Å². The molecule has 1 rings (SSSR count). The van der Waals surface area contributed by atoms with Gasteiger partial charge in [0.25, 0.3) is 0 Å². The Balaban J connectivity index is 3.16. The maximum Gasteiger partial charge on any atom is 0.317 e. The molecule has 0 bridgehead atoms. The second-order valence-electron chi connectivity index (χ2n) is 3.38. The molecule has 0 fully saturated rings. The Labute approximate surface area is 81.3 Å². The summed E-state index contributed by atoms with van der Waals surface area (Å²) in [5.41, 5.74) is -1.25. The molecule has 0 radical (unpaired) electrons. The third-order valence-electron chi connectivity index (χ3n) is 2.57. The maximum atomic E-state index is 10.9. The molecule has 0 aromatic carbocycles. The number of hydrogen-bond donors (Lipinski definition) is 2. The molecule has 13 heavy (non-hydrogen) atoms. The van der Waals surface area contributed by atoms with Gasteiger partial charge in [0.05, 0.1) is 0 Å². The highest BCUT2D eigenvalue weighted by molar-refractivity contribution is 6.31. The summed E-state index contributed by atoms with van der Waals surface area (Å²) in [6.07, 6.45) is 2.89. The lowest BCUT2D eigenvalue weighted by molar-refractivity contribution is -0.149. The van der Waals surface area contributed by atoms with E-state index in [9.17, 15) is 9.90 Å².